The highest BCUT2D eigenvalue weighted by atomic mass is 16.5. The predicted octanol–water partition coefficient (Wildman–Crippen LogP) is 1.62. The highest BCUT2D eigenvalue weighted by Crippen LogP contribution is 2.36. The lowest BCUT2D eigenvalue weighted by Crippen LogP contribution is -2.51. The molecule has 1 aliphatic rings. The van der Waals surface area contributed by atoms with Crippen LogP contribution in [0.1, 0.15) is 51.4 Å². The van der Waals surface area contributed by atoms with E-state index < -0.39 is 5.41 Å². The number of carbonyl (C=O) groups is 1. The van der Waals surface area contributed by atoms with Crippen LogP contribution in [-0.2, 0) is 9.53 Å². The summed E-state index contributed by atoms with van der Waals surface area (Å²) in [7, 11) is 1.69. The molecule has 6 heteroatoms. The highest BCUT2D eigenvalue weighted by Gasteiger charge is 2.43. The molecule has 0 heterocycles. The van der Waals surface area contributed by atoms with Crippen LogP contribution in [0.25, 0.3) is 0 Å². The second-order valence-electron chi connectivity index (χ2n) is 5.44. The van der Waals surface area contributed by atoms with Crippen LogP contribution in [0.2, 0.25) is 0 Å². The van der Waals surface area contributed by atoms with E-state index >= 15 is 0 Å². The molecule has 0 spiro atoms. The van der Waals surface area contributed by atoms with Crippen molar-refractivity contribution in [3.8, 4) is 0 Å². The number of ether oxygens (including phenoxy) is 1. The lowest BCUT2D eigenvalue weighted by Gasteiger charge is -2.34. The number of amidine groups is 1. The number of rotatable bonds is 8. The summed E-state index contributed by atoms with van der Waals surface area (Å²) in [4.78, 5) is 12.4. The van der Waals surface area contributed by atoms with Crippen LogP contribution >= 0.6 is 0 Å². The monoisotopic (exact) mass is 285 g/mol. The second-order valence-corrected chi connectivity index (χ2v) is 5.44. The largest absolute Gasteiger partial charge is 0.409 e. The summed E-state index contributed by atoms with van der Waals surface area (Å²) in [5, 5.41) is 15.0. The van der Waals surface area contributed by atoms with Gasteiger partial charge in [0.25, 0.3) is 0 Å². The van der Waals surface area contributed by atoms with Gasteiger partial charge in [-0.15, -0.1) is 0 Å². The minimum atomic E-state index is -0.806. The topological polar surface area (TPSA) is 96.9 Å². The van der Waals surface area contributed by atoms with Crippen LogP contribution in [0.3, 0.4) is 0 Å². The van der Waals surface area contributed by atoms with Gasteiger partial charge in [-0.25, -0.2) is 0 Å². The molecule has 6 nitrogen and oxygen atoms in total. The van der Waals surface area contributed by atoms with E-state index in [1.165, 1.54) is 0 Å². The number of carbonyl (C=O) groups excluding carboxylic acids is 1. The summed E-state index contributed by atoms with van der Waals surface area (Å²) >= 11 is 0. The first-order valence-corrected chi connectivity index (χ1v) is 7.42. The van der Waals surface area contributed by atoms with Crippen molar-refractivity contribution >= 4 is 11.7 Å². The maximum atomic E-state index is 12.4. The minimum absolute atomic E-state index is 0.0501. The molecule has 1 aliphatic carbocycles. The molecule has 0 radical (unpaired) electrons. The predicted molar refractivity (Wildman–Crippen MR) is 77.7 cm³/mol. The number of nitrogens with two attached hydrogens (primary N) is 1. The van der Waals surface area contributed by atoms with E-state index in [4.69, 9.17) is 15.7 Å². The SMILES string of the molecule is COCCCCCNC(=O)C1(C(N)=NO)CCCCC1. The average Bonchev–Trinajstić information content (AvgIpc) is 2.50. The summed E-state index contributed by atoms with van der Waals surface area (Å²) in [6.07, 6.45) is 7.25. The smallest absolute Gasteiger partial charge is 0.233 e. The van der Waals surface area contributed by atoms with Gasteiger partial charge in [0.05, 0.1) is 0 Å². The summed E-state index contributed by atoms with van der Waals surface area (Å²) < 4.78 is 4.98. The number of hydrogen-bond acceptors (Lipinski definition) is 4. The molecule has 20 heavy (non-hydrogen) atoms. The van der Waals surface area contributed by atoms with E-state index in [1.54, 1.807) is 7.11 Å². The third kappa shape index (κ3) is 4.37. The van der Waals surface area contributed by atoms with Gasteiger partial charge in [0.15, 0.2) is 5.84 Å². The van der Waals surface area contributed by atoms with Crippen LogP contribution < -0.4 is 11.1 Å². The number of nitrogens with zero attached hydrogens (tertiary/aromatic N) is 1. The Morgan fingerprint density at radius 1 is 1.30 bits per heavy atom. The van der Waals surface area contributed by atoms with Gasteiger partial charge in [-0.05, 0) is 32.1 Å². The van der Waals surface area contributed by atoms with Gasteiger partial charge < -0.3 is 21.0 Å². The maximum Gasteiger partial charge on any atom is 0.233 e. The van der Waals surface area contributed by atoms with Gasteiger partial charge in [0.2, 0.25) is 5.91 Å². The summed E-state index contributed by atoms with van der Waals surface area (Å²) in [6.45, 7) is 1.38. The number of methoxy groups -OCH3 is 1. The zero-order valence-electron chi connectivity index (χ0n) is 12.4. The van der Waals surface area contributed by atoms with Crippen molar-refractivity contribution in [3.63, 3.8) is 0 Å². The first-order valence-electron chi connectivity index (χ1n) is 7.42. The van der Waals surface area contributed by atoms with Gasteiger partial charge in [-0.2, -0.15) is 0 Å². The van der Waals surface area contributed by atoms with Crippen molar-refractivity contribution in [1.29, 1.82) is 0 Å². The lowest BCUT2D eigenvalue weighted by atomic mass is 9.72. The van der Waals surface area contributed by atoms with E-state index in [9.17, 15) is 4.79 Å². The standard InChI is InChI=1S/C14H27N3O3/c1-20-11-7-3-6-10-16-13(18)14(12(15)17-19)8-4-2-5-9-14/h19H,2-11H2,1H3,(H2,15,17)(H,16,18). The van der Waals surface area contributed by atoms with Crippen molar-refractivity contribution in [1.82, 2.24) is 5.32 Å². The molecule has 0 atom stereocenters. The number of unbranched alkanes of at least 4 members (excludes halogenated alkanes) is 2. The maximum absolute atomic E-state index is 12.4. The zero-order chi connectivity index (χ0) is 14.8. The molecule has 1 fully saturated rings. The van der Waals surface area contributed by atoms with E-state index in [2.05, 4.69) is 10.5 Å². The Bertz CT molecular complexity index is 326. The Morgan fingerprint density at radius 2 is 2.00 bits per heavy atom. The Morgan fingerprint density at radius 3 is 2.60 bits per heavy atom. The van der Waals surface area contributed by atoms with E-state index in [1.807, 2.05) is 0 Å². The molecule has 0 saturated heterocycles. The number of hydrogen-bond donors (Lipinski definition) is 3. The van der Waals surface area contributed by atoms with Crippen molar-refractivity contribution in [2.45, 2.75) is 51.4 Å². The number of amides is 1. The van der Waals surface area contributed by atoms with E-state index in [-0.39, 0.29) is 11.7 Å². The van der Waals surface area contributed by atoms with Gasteiger partial charge >= 0.3 is 0 Å². The fourth-order valence-electron chi connectivity index (χ4n) is 2.77. The zero-order valence-corrected chi connectivity index (χ0v) is 12.4. The third-order valence-corrected chi connectivity index (χ3v) is 4.05. The molecular formula is C14H27N3O3. The number of oxime groups is 1. The summed E-state index contributed by atoms with van der Waals surface area (Å²) in [5.74, 6) is -0.0478. The van der Waals surface area contributed by atoms with Crippen molar-refractivity contribution < 1.29 is 14.7 Å². The fraction of sp³-hybridized carbons (Fsp3) is 0.857. The summed E-state index contributed by atoms with van der Waals surface area (Å²) in [6, 6.07) is 0. The Kier molecular flexibility index (Phi) is 7.36. The van der Waals surface area contributed by atoms with Gasteiger partial charge in [0.1, 0.15) is 5.41 Å². The van der Waals surface area contributed by atoms with Gasteiger partial charge in [0, 0.05) is 20.3 Å². The van der Waals surface area contributed by atoms with E-state index in [0.29, 0.717) is 19.4 Å². The molecule has 0 aromatic carbocycles. The van der Waals surface area contributed by atoms with Crippen molar-refractivity contribution in [2.24, 2.45) is 16.3 Å². The molecule has 0 unspecified atom stereocenters. The molecule has 1 rings (SSSR count). The Labute approximate surface area is 120 Å². The average molecular weight is 285 g/mol. The lowest BCUT2D eigenvalue weighted by molar-refractivity contribution is -0.129. The Balaban J connectivity index is 2.44. The molecule has 0 aromatic rings. The normalized spacial score (nSPS) is 18.8. The van der Waals surface area contributed by atoms with Crippen molar-refractivity contribution in [2.75, 3.05) is 20.3 Å². The second kappa shape index (κ2) is 8.79. The first-order chi connectivity index (χ1) is 9.67. The molecule has 0 bridgehead atoms. The third-order valence-electron chi connectivity index (χ3n) is 4.05. The van der Waals surface area contributed by atoms with Crippen LogP contribution in [0.15, 0.2) is 5.16 Å². The molecule has 1 amide bonds. The number of nitrogens with one attached hydrogen (secondary N) is 1. The minimum Gasteiger partial charge on any atom is -0.409 e. The summed E-state index contributed by atoms with van der Waals surface area (Å²) in [5.41, 5.74) is 4.97. The first kappa shape index (κ1) is 16.8. The molecule has 0 aliphatic heterocycles. The van der Waals surface area contributed by atoms with Crippen LogP contribution in [-0.4, -0.2) is 37.2 Å². The molecule has 4 N–H and O–H groups in total. The quantitative estimate of drug-likeness (QED) is 0.207. The van der Waals surface area contributed by atoms with E-state index in [0.717, 1.165) is 45.1 Å². The molecular weight excluding hydrogens is 258 g/mol. The van der Waals surface area contributed by atoms with Crippen LogP contribution in [0.4, 0.5) is 0 Å². The van der Waals surface area contributed by atoms with Crippen molar-refractivity contribution in [3.05, 3.63) is 0 Å². The molecule has 116 valence electrons. The van der Waals surface area contributed by atoms with Crippen LogP contribution in [0.5, 0.6) is 0 Å². The van der Waals surface area contributed by atoms with Crippen LogP contribution in [0, 0.1) is 5.41 Å². The molecule has 1 saturated carbocycles. The Hall–Kier alpha value is -1.30. The fourth-order valence-corrected chi connectivity index (χ4v) is 2.77. The van der Waals surface area contributed by atoms with Gasteiger partial charge in [-0.1, -0.05) is 24.4 Å². The van der Waals surface area contributed by atoms with Gasteiger partial charge in [-0.3, -0.25) is 4.79 Å². The molecule has 0 aromatic heterocycles. The highest BCUT2D eigenvalue weighted by molar-refractivity contribution is 6.06.